The highest BCUT2D eigenvalue weighted by Crippen LogP contribution is 2.27. The van der Waals surface area contributed by atoms with E-state index in [0.717, 1.165) is 24.5 Å². The van der Waals surface area contributed by atoms with Crippen molar-refractivity contribution in [2.24, 2.45) is 0 Å². The fourth-order valence-electron chi connectivity index (χ4n) is 3.90. The largest absolute Gasteiger partial charge is 0.357 e. The summed E-state index contributed by atoms with van der Waals surface area (Å²) in [5.41, 5.74) is 0.982. The van der Waals surface area contributed by atoms with Gasteiger partial charge < -0.3 is 15.1 Å². The van der Waals surface area contributed by atoms with Crippen molar-refractivity contribution in [3.8, 4) is 0 Å². The van der Waals surface area contributed by atoms with E-state index in [0.29, 0.717) is 24.7 Å². The van der Waals surface area contributed by atoms with E-state index < -0.39 is 10.0 Å². The van der Waals surface area contributed by atoms with Gasteiger partial charge in [0.25, 0.3) is 0 Å². The first-order valence-electron chi connectivity index (χ1n) is 10.5. The molecule has 0 spiro atoms. The van der Waals surface area contributed by atoms with Crippen LogP contribution in [0.3, 0.4) is 0 Å². The summed E-state index contributed by atoms with van der Waals surface area (Å²) in [6.07, 6.45) is 4.12. The molecule has 4 rings (SSSR count). The highest BCUT2D eigenvalue weighted by atomic mass is 35.5. The molecule has 0 radical (unpaired) electrons. The van der Waals surface area contributed by atoms with E-state index in [2.05, 4.69) is 15.2 Å². The van der Waals surface area contributed by atoms with Crippen molar-refractivity contribution < 1.29 is 13.2 Å². The minimum atomic E-state index is -3.70. The Kier molecular flexibility index (Phi) is 7.09. The molecule has 2 saturated heterocycles. The van der Waals surface area contributed by atoms with Crippen LogP contribution in [0, 0.1) is 0 Å². The number of benzene rings is 1. The van der Waals surface area contributed by atoms with E-state index in [9.17, 15) is 13.2 Å². The van der Waals surface area contributed by atoms with Gasteiger partial charge in [-0.15, -0.1) is 0 Å². The van der Waals surface area contributed by atoms with Gasteiger partial charge in [0, 0.05) is 52.0 Å². The number of hydrogen-bond acceptors (Lipinski definition) is 5. The standard InChI is InChI=1S/C21H25Cl2N5O3S/c22-18-4-3-17(14-19(18)23)32(30,31)28-11-9-27(10-12-28)21(29)25-15-16-5-6-24-20(13-16)26-7-1-2-8-26/h3-6,13-14H,1-2,7-12,15H2,(H,25,29). The highest BCUT2D eigenvalue weighted by molar-refractivity contribution is 7.89. The van der Waals surface area contributed by atoms with E-state index in [4.69, 9.17) is 23.2 Å². The van der Waals surface area contributed by atoms with Crippen molar-refractivity contribution in [2.75, 3.05) is 44.2 Å². The number of hydrogen-bond donors (Lipinski definition) is 1. The Morgan fingerprint density at radius 3 is 2.38 bits per heavy atom. The lowest BCUT2D eigenvalue weighted by molar-refractivity contribution is 0.172. The van der Waals surface area contributed by atoms with Crippen LogP contribution in [-0.4, -0.2) is 67.9 Å². The van der Waals surface area contributed by atoms with Crippen LogP contribution in [-0.2, 0) is 16.6 Å². The van der Waals surface area contributed by atoms with Crippen molar-refractivity contribution in [1.82, 2.24) is 19.5 Å². The predicted octanol–water partition coefficient (Wildman–Crippen LogP) is 3.20. The van der Waals surface area contributed by atoms with Gasteiger partial charge in [0.2, 0.25) is 10.0 Å². The maximum absolute atomic E-state index is 12.9. The lowest BCUT2D eigenvalue weighted by Gasteiger charge is -2.34. The van der Waals surface area contributed by atoms with Gasteiger partial charge in [-0.25, -0.2) is 18.2 Å². The number of nitrogens with one attached hydrogen (secondary N) is 1. The SMILES string of the molecule is O=C(NCc1ccnc(N2CCCC2)c1)N1CCN(S(=O)(=O)c2ccc(Cl)c(Cl)c2)CC1. The van der Waals surface area contributed by atoms with E-state index in [-0.39, 0.29) is 29.0 Å². The van der Waals surface area contributed by atoms with Gasteiger partial charge in [0.1, 0.15) is 5.82 Å². The zero-order valence-electron chi connectivity index (χ0n) is 17.5. The summed E-state index contributed by atoms with van der Waals surface area (Å²) in [7, 11) is -3.70. The van der Waals surface area contributed by atoms with Gasteiger partial charge >= 0.3 is 6.03 Å². The van der Waals surface area contributed by atoms with Crippen LogP contribution in [0.15, 0.2) is 41.4 Å². The van der Waals surface area contributed by atoms with E-state index in [1.54, 1.807) is 11.1 Å². The average Bonchev–Trinajstić information content (AvgIpc) is 3.34. The van der Waals surface area contributed by atoms with Crippen LogP contribution in [0.2, 0.25) is 10.0 Å². The second-order valence-corrected chi connectivity index (χ2v) is 10.6. The number of pyridine rings is 1. The molecule has 2 aliphatic rings. The number of aromatic nitrogens is 1. The Labute approximate surface area is 198 Å². The van der Waals surface area contributed by atoms with Crippen molar-refractivity contribution >= 4 is 45.1 Å². The van der Waals surface area contributed by atoms with Crippen LogP contribution in [0.1, 0.15) is 18.4 Å². The van der Waals surface area contributed by atoms with Gasteiger partial charge in [-0.2, -0.15) is 4.31 Å². The number of halogens is 2. The molecule has 2 aliphatic heterocycles. The third-order valence-corrected chi connectivity index (χ3v) is 8.37. The summed E-state index contributed by atoms with van der Waals surface area (Å²) in [6.45, 7) is 3.46. The summed E-state index contributed by atoms with van der Waals surface area (Å²) in [6, 6.07) is 7.94. The molecule has 2 aromatic rings. The molecule has 0 aliphatic carbocycles. The molecule has 11 heteroatoms. The number of urea groups is 1. The Morgan fingerprint density at radius 2 is 1.69 bits per heavy atom. The molecular formula is C21H25Cl2N5O3S. The number of nitrogens with zero attached hydrogens (tertiary/aromatic N) is 4. The van der Waals surface area contributed by atoms with E-state index in [1.807, 2.05) is 12.1 Å². The number of rotatable bonds is 5. The van der Waals surface area contributed by atoms with E-state index in [1.165, 1.54) is 35.3 Å². The van der Waals surface area contributed by atoms with Crippen molar-refractivity contribution in [1.29, 1.82) is 0 Å². The first-order chi connectivity index (χ1) is 15.3. The van der Waals surface area contributed by atoms with E-state index >= 15 is 0 Å². The second-order valence-electron chi connectivity index (χ2n) is 7.84. The molecule has 2 fully saturated rings. The number of piperazine rings is 1. The maximum atomic E-state index is 12.9. The number of carbonyl (C=O) groups excluding carboxylic acids is 1. The third-order valence-electron chi connectivity index (χ3n) is 5.74. The molecule has 1 aromatic heterocycles. The van der Waals surface area contributed by atoms with Gasteiger partial charge in [-0.3, -0.25) is 0 Å². The summed E-state index contributed by atoms with van der Waals surface area (Å²) in [5.74, 6) is 0.940. The number of sulfonamides is 1. The molecule has 2 amide bonds. The Morgan fingerprint density at radius 1 is 0.969 bits per heavy atom. The normalized spacial score (nSPS) is 17.6. The second kappa shape index (κ2) is 9.82. The first-order valence-corrected chi connectivity index (χ1v) is 12.7. The number of amides is 2. The molecule has 1 aromatic carbocycles. The first kappa shape index (κ1) is 23.1. The van der Waals surface area contributed by atoms with Crippen LogP contribution in [0.4, 0.5) is 10.6 Å². The minimum absolute atomic E-state index is 0.0938. The lowest BCUT2D eigenvalue weighted by atomic mass is 10.2. The summed E-state index contributed by atoms with van der Waals surface area (Å²) < 4.78 is 27.1. The van der Waals surface area contributed by atoms with Crippen LogP contribution >= 0.6 is 23.2 Å². The third kappa shape index (κ3) is 5.11. The molecular weight excluding hydrogens is 473 g/mol. The number of anilines is 1. The van der Waals surface area contributed by atoms with Crippen LogP contribution in [0.5, 0.6) is 0 Å². The molecule has 0 unspecified atom stereocenters. The molecule has 8 nitrogen and oxygen atoms in total. The van der Waals surface area contributed by atoms with Gasteiger partial charge in [0.15, 0.2) is 0 Å². The average molecular weight is 498 g/mol. The van der Waals surface area contributed by atoms with Gasteiger partial charge in [-0.1, -0.05) is 23.2 Å². The zero-order chi connectivity index (χ0) is 22.7. The molecule has 32 heavy (non-hydrogen) atoms. The monoisotopic (exact) mass is 497 g/mol. The maximum Gasteiger partial charge on any atom is 0.317 e. The van der Waals surface area contributed by atoms with Crippen LogP contribution < -0.4 is 10.2 Å². The molecule has 0 bridgehead atoms. The molecule has 3 heterocycles. The van der Waals surface area contributed by atoms with Crippen molar-refractivity contribution in [2.45, 2.75) is 24.3 Å². The fraction of sp³-hybridized carbons (Fsp3) is 0.429. The lowest BCUT2D eigenvalue weighted by Crippen LogP contribution is -2.52. The summed E-state index contributed by atoms with van der Waals surface area (Å²) in [4.78, 5) is 21.0. The molecule has 172 valence electrons. The minimum Gasteiger partial charge on any atom is -0.357 e. The van der Waals surface area contributed by atoms with Gasteiger partial charge in [-0.05, 0) is 48.7 Å². The quantitative estimate of drug-likeness (QED) is 0.685. The number of carbonyl (C=O) groups is 1. The molecule has 1 N–H and O–H groups in total. The smallest absolute Gasteiger partial charge is 0.317 e. The Bertz CT molecular complexity index is 1080. The van der Waals surface area contributed by atoms with Crippen molar-refractivity contribution in [3.63, 3.8) is 0 Å². The Balaban J connectivity index is 1.31. The zero-order valence-corrected chi connectivity index (χ0v) is 19.8. The fourth-order valence-corrected chi connectivity index (χ4v) is 5.71. The summed E-state index contributed by atoms with van der Waals surface area (Å²) >= 11 is 11.9. The topological polar surface area (TPSA) is 85.8 Å². The summed E-state index contributed by atoms with van der Waals surface area (Å²) in [5, 5.41) is 3.42. The predicted molar refractivity (Wildman–Crippen MR) is 125 cm³/mol. The van der Waals surface area contributed by atoms with Crippen molar-refractivity contribution in [3.05, 3.63) is 52.1 Å². The van der Waals surface area contributed by atoms with Crippen LogP contribution in [0.25, 0.3) is 0 Å². The molecule has 0 saturated carbocycles. The van der Waals surface area contributed by atoms with Gasteiger partial charge in [0.05, 0.1) is 14.9 Å². The highest BCUT2D eigenvalue weighted by Gasteiger charge is 2.30. The molecule has 0 atom stereocenters. The Hall–Kier alpha value is -2.07.